The number of hydrogen-bond acceptors (Lipinski definition) is 3. The summed E-state index contributed by atoms with van der Waals surface area (Å²) in [6, 6.07) is 0.770. The van der Waals surface area contributed by atoms with Gasteiger partial charge in [-0.05, 0) is 32.6 Å². The van der Waals surface area contributed by atoms with Crippen LogP contribution in [-0.4, -0.2) is 30.0 Å². The Balaban J connectivity index is 1.73. The highest BCUT2D eigenvalue weighted by molar-refractivity contribution is 7.44. The summed E-state index contributed by atoms with van der Waals surface area (Å²) in [4.78, 5) is 0. The van der Waals surface area contributed by atoms with Crippen LogP contribution in [0.15, 0.2) is 0 Å². The smallest absolute Gasteiger partial charge is 0.259 e. The Bertz CT molecular complexity index is 261. The van der Waals surface area contributed by atoms with E-state index >= 15 is 0 Å². The summed E-state index contributed by atoms with van der Waals surface area (Å²) in [5.41, 5.74) is 0. The highest BCUT2D eigenvalue weighted by Crippen LogP contribution is 2.58. The molecule has 3 fully saturated rings. The largest absolute Gasteiger partial charge is 0.322 e. The van der Waals surface area contributed by atoms with Gasteiger partial charge in [0.1, 0.15) is 0 Å². The van der Waals surface area contributed by atoms with Gasteiger partial charge in [0, 0.05) is 18.5 Å². The number of fused-ring (bicyclic) bond motifs is 5. The van der Waals surface area contributed by atoms with Crippen molar-refractivity contribution < 1.29 is 9.05 Å². The molecule has 16 heavy (non-hydrogen) atoms. The minimum Gasteiger partial charge on any atom is -0.322 e. The average Bonchev–Trinajstić information content (AvgIpc) is 2.58. The molecule has 2 saturated heterocycles. The molecular weight excluding hydrogens is 221 g/mol. The van der Waals surface area contributed by atoms with E-state index in [0.29, 0.717) is 0 Å². The second-order valence-corrected chi connectivity index (χ2v) is 7.04. The van der Waals surface area contributed by atoms with Gasteiger partial charge in [0.05, 0.1) is 12.7 Å². The minimum atomic E-state index is -0.743. The van der Waals surface area contributed by atoms with E-state index in [1.165, 1.54) is 32.2 Å². The Kier molecular flexibility index (Phi) is 3.23. The molecule has 2 aliphatic heterocycles. The van der Waals surface area contributed by atoms with E-state index in [0.717, 1.165) is 24.5 Å². The van der Waals surface area contributed by atoms with Gasteiger partial charge in [0.2, 0.25) is 0 Å². The molecule has 0 N–H and O–H groups in total. The third-order valence-electron chi connectivity index (χ3n) is 4.10. The van der Waals surface area contributed by atoms with Crippen LogP contribution in [0.4, 0.5) is 0 Å². The molecule has 1 aliphatic carbocycles. The van der Waals surface area contributed by atoms with Gasteiger partial charge in [-0.3, -0.25) is 0 Å². The predicted molar refractivity (Wildman–Crippen MR) is 65.0 cm³/mol. The molecule has 4 heteroatoms. The Labute approximate surface area is 99.5 Å². The van der Waals surface area contributed by atoms with Crippen molar-refractivity contribution in [2.24, 2.45) is 11.8 Å². The van der Waals surface area contributed by atoms with Gasteiger partial charge in [-0.2, -0.15) is 0 Å². The molecule has 0 radical (unpaired) electrons. The molecule has 3 nitrogen and oxygen atoms in total. The molecule has 5 atom stereocenters. The molecule has 0 aromatic rings. The van der Waals surface area contributed by atoms with Gasteiger partial charge in [-0.25, -0.2) is 4.67 Å². The van der Waals surface area contributed by atoms with Crippen LogP contribution >= 0.6 is 8.53 Å². The monoisotopic (exact) mass is 243 g/mol. The van der Waals surface area contributed by atoms with Crippen molar-refractivity contribution in [1.29, 1.82) is 0 Å². The van der Waals surface area contributed by atoms with Crippen LogP contribution in [0.1, 0.15) is 39.5 Å². The first-order valence-electron chi connectivity index (χ1n) is 6.62. The summed E-state index contributed by atoms with van der Waals surface area (Å²) in [6.07, 6.45) is 5.89. The minimum absolute atomic E-state index is 0.283. The van der Waals surface area contributed by atoms with E-state index in [1.54, 1.807) is 0 Å². The first-order valence-corrected chi connectivity index (χ1v) is 7.75. The van der Waals surface area contributed by atoms with Crippen LogP contribution in [0.2, 0.25) is 0 Å². The van der Waals surface area contributed by atoms with E-state index in [9.17, 15) is 0 Å². The standard InChI is InChI=1S/C12H22NO2P/c1-9(2)15-16-13-7-10(8-14-16)11-5-3-4-6-12(11)13/h9-12H,3-8H2,1-2H3/t10-,11-,12?,16?/m1/s1. The van der Waals surface area contributed by atoms with Crippen molar-refractivity contribution in [2.75, 3.05) is 13.2 Å². The van der Waals surface area contributed by atoms with Crippen molar-refractivity contribution in [1.82, 2.24) is 4.67 Å². The number of hydrogen-bond donors (Lipinski definition) is 0. The molecule has 0 spiro atoms. The molecule has 1 saturated carbocycles. The summed E-state index contributed by atoms with van der Waals surface area (Å²) in [5, 5.41) is 0. The van der Waals surface area contributed by atoms with E-state index in [4.69, 9.17) is 9.05 Å². The number of nitrogens with zero attached hydrogens (tertiary/aromatic N) is 1. The molecule has 2 bridgehead atoms. The molecule has 3 rings (SSSR count). The molecule has 3 unspecified atom stereocenters. The molecule has 3 aliphatic rings. The fraction of sp³-hybridized carbons (Fsp3) is 1.00. The lowest BCUT2D eigenvalue weighted by molar-refractivity contribution is 0.135. The van der Waals surface area contributed by atoms with Crippen molar-refractivity contribution in [3.63, 3.8) is 0 Å². The maximum atomic E-state index is 5.94. The van der Waals surface area contributed by atoms with Crippen LogP contribution in [0, 0.1) is 11.8 Å². The zero-order chi connectivity index (χ0) is 11.1. The van der Waals surface area contributed by atoms with Crippen molar-refractivity contribution in [2.45, 2.75) is 51.7 Å². The molecule has 0 amide bonds. The van der Waals surface area contributed by atoms with E-state index in [1.807, 2.05) is 0 Å². The zero-order valence-electron chi connectivity index (χ0n) is 10.3. The average molecular weight is 243 g/mol. The van der Waals surface area contributed by atoms with Crippen LogP contribution in [-0.2, 0) is 9.05 Å². The summed E-state index contributed by atoms with van der Waals surface area (Å²) < 4.78 is 14.4. The predicted octanol–water partition coefficient (Wildman–Crippen LogP) is 3.16. The van der Waals surface area contributed by atoms with Crippen LogP contribution < -0.4 is 0 Å². The highest BCUT2D eigenvalue weighted by atomic mass is 31.2. The lowest BCUT2D eigenvalue weighted by Crippen LogP contribution is -2.32. The van der Waals surface area contributed by atoms with Gasteiger partial charge in [0.25, 0.3) is 8.53 Å². The first kappa shape index (κ1) is 11.4. The fourth-order valence-electron chi connectivity index (χ4n) is 3.44. The summed E-state index contributed by atoms with van der Waals surface area (Å²) in [5.74, 6) is 1.69. The van der Waals surface area contributed by atoms with Gasteiger partial charge >= 0.3 is 0 Å². The fourth-order valence-corrected chi connectivity index (χ4v) is 5.32. The quantitative estimate of drug-likeness (QED) is 0.695. The van der Waals surface area contributed by atoms with Gasteiger partial charge in [-0.1, -0.05) is 12.8 Å². The second kappa shape index (κ2) is 4.53. The van der Waals surface area contributed by atoms with Crippen molar-refractivity contribution in [3.05, 3.63) is 0 Å². The van der Waals surface area contributed by atoms with E-state index < -0.39 is 8.53 Å². The van der Waals surface area contributed by atoms with Gasteiger partial charge in [-0.15, -0.1) is 0 Å². The van der Waals surface area contributed by atoms with Gasteiger partial charge < -0.3 is 9.05 Å². The van der Waals surface area contributed by atoms with E-state index in [-0.39, 0.29) is 6.10 Å². The SMILES string of the molecule is CC(C)OP1OC[C@H]2CN1C1CCCC[C@@H]12. The Hall–Kier alpha value is 0.310. The molecular formula is C12H22NO2P. The normalized spacial score (nSPS) is 47.1. The Morgan fingerprint density at radius 3 is 2.94 bits per heavy atom. The van der Waals surface area contributed by atoms with Gasteiger partial charge in [0.15, 0.2) is 0 Å². The van der Waals surface area contributed by atoms with Crippen LogP contribution in [0.25, 0.3) is 0 Å². The van der Waals surface area contributed by atoms with Crippen molar-refractivity contribution in [3.8, 4) is 0 Å². The lowest BCUT2D eigenvalue weighted by atomic mass is 9.80. The van der Waals surface area contributed by atoms with Crippen LogP contribution in [0.3, 0.4) is 0 Å². The Morgan fingerprint density at radius 1 is 1.31 bits per heavy atom. The molecule has 0 aromatic heterocycles. The third-order valence-corrected chi connectivity index (χ3v) is 5.95. The van der Waals surface area contributed by atoms with E-state index in [2.05, 4.69) is 18.5 Å². The number of rotatable bonds is 2. The van der Waals surface area contributed by atoms with Crippen molar-refractivity contribution >= 4 is 8.53 Å². The summed E-state index contributed by atoms with van der Waals surface area (Å²) in [7, 11) is -0.743. The maximum absolute atomic E-state index is 5.94. The topological polar surface area (TPSA) is 21.7 Å². The van der Waals surface area contributed by atoms with Crippen LogP contribution in [0.5, 0.6) is 0 Å². The highest BCUT2D eigenvalue weighted by Gasteiger charge is 2.50. The zero-order valence-corrected chi connectivity index (χ0v) is 11.2. The maximum Gasteiger partial charge on any atom is 0.259 e. The summed E-state index contributed by atoms with van der Waals surface area (Å²) >= 11 is 0. The molecule has 92 valence electrons. The first-order chi connectivity index (χ1) is 7.75. The third kappa shape index (κ3) is 1.92. The lowest BCUT2D eigenvalue weighted by Gasteiger charge is -2.35. The molecule has 2 heterocycles. The molecule has 0 aromatic carbocycles. The summed E-state index contributed by atoms with van der Waals surface area (Å²) in [6.45, 7) is 6.38. The second-order valence-electron chi connectivity index (χ2n) is 5.59. The Morgan fingerprint density at radius 2 is 2.12 bits per heavy atom.